The normalized spacial score (nSPS) is 9.83. The predicted molar refractivity (Wildman–Crippen MR) is 90.7 cm³/mol. The summed E-state index contributed by atoms with van der Waals surface area (Å²) in [6.45, 7) is 2.36. The molecule has 0 heterocycles. The summed E-state index contributed by atoms with van der Waals surface area (Å²) in [5.74, 6) is -0.856. The quantitative estimate of drug-likeness (QED) is 0.648. The molecule has 0 spiro atoms. The Bertz CT molecular complexity index is 778. The first-order valence-electron chi connectivity index (χ1n) is 7.73. The van der Waals surface area contributed by atoms with Crippen LogP contribution in [0.15, 0.2) is 48.5 Å². The van der Waals surface area contributed by atoms with E-state index in [2.05, 4.69) is 5.32 Å². The van der Waals surface area contributed by atoms with Crippen molar-refractivity contribution in [2.75, 3.05) is 11.9 Å². The molecule has 1 amide bonds. The summed E-state index contributed by atoms with van der Waals surface area (Å²) in [5.41, 5.74) is 1.43. The van der Waals surface area contributed by atoms with Gasteiger partial charge in [0.05, 0.1) is 29.5 Å². The SMILES string of the molecule is CCCCOC(=O)c1ccccc1NC(=O)c1cccc(C#N)c1. The van der Waals surface area contributed by atoms with Gasteiger partial charge in [-0.15, -0.1) is 0 Å². The zero-order chi connectivity index (χ0) is 17.4. The van der Waals surface area contributed by atoms with Gasteiger partial charge in [0.15, 0.2) is 0 Å². The van der Waals surface area contributed by atoms with E-state index in [4.69, 9.17) is 10.00 Å². The third-order valence-corrected chi connectivity index (χ3v) is 3.38. The molecule has 122 valence electrons. The van der Waals surface area contributed by atoms with Crippen LogP contribution in [-0.4, -0.2) is 18.5 Å². The Labute approximate surface area is 140 Å². The second-order valence-corrected chi connectivity index (χ2v) is 5.18. The number of esters is 1. The average molecular weight is 322 g/mol. The third-order valence-electron chi connectivity index (χ3n) is 3.38. The topological polar surface area (TPSA) is 79.2 Å². The summed E-state index contributed by atoms with van der Waals surface area (Å²) in [5, 5.41) is 11.6. The van der Waals surface area contributed by atoms with Gasteiger partial charge in [0, 0.05) is 5.56 Å². The van der Waals surface area contributed by atoms with Crippen molar-refractivity contribution in [1.29, 1.82) is 5.26 Å². The molecule has 0 aromatic heterocycles. The lowest BCUT2D eigenvalue weighted by atomic mass is 10.1. The van der Waals surface area contributed by atoms with Crippen molar-refractivity contribution in [3.63, 3.8) is 0 Å². The number of hydrogen-bond donors (Lipinski definition) is 1. The molecular formula is C19H18N2O3. The molecule has 0 atom stereocenters. The highest BCUT2D eigenvalue weighted by Crippen LogP contribution is 2.18. The van der Waals surface area contributed by atoms with Crippen LogP contribution in [0.2, 0.25) is 0 Å². The molecule has 2 aromatic carbocycles. The van der Waals surface area contributed by atoms with Crippen LogP contribution in [0.25, 0.3) is 0 Å². The van der Waals surface area contributed by atoms with E-state index in [9.17, 15) is 9.59 Å². The fourth-order valence-corrected chi connectivity index (χ4v) is 2.08. The number of carbonyl (C=O) groups excluding carboxylic acids is 2. The maximum Gasteiger partial charge on any atom is 0.340 e. The molecule has 0 radical (unpaired) electrons. The van der Waals surface area contributed by atoms with Crippen molar-refractivity contribution >= 4 is 17.6 Å². The molecule has 24 heavy (non-hydrogen) atoms. The van der Waals surface area contributed by atoms with E-state index in [-0.39, 0.29) is 5.91 Å². The van der Waals surface area contributed by atoms with Crippen LogP contribution < -0.4 is 5.32 Å². The lowest BCUT2D eigenvalue weighted by Gasteiger charge is -2.11. The highest BCUT2D eigenvalue weighted by Gasteiger charge is 2.15. The monoisotopic (exact) mass is 322 g/mol. The van der Waals surface area contributed by atoms with Gasteiger partial charge in [-0.2, -0.15) is 5.26 Å². The second-order valence-electron chi connectivity index (χ2n) is 5.18. The highest BCUT2D eigenvalue weighted by atomic mass is 16.5. The Balaban J connectivity index is 2.16. The molecule has 2 aromatic rings. The van der Waals surface area contributed by atoms with E-state index in [0.717, 1.165) is 12.8 Å². The highest BCUT2D eigenvalue weighted by molar-refractivity contribution is 6.08. The average Bonchev–Trinajstić information content (AvgIpc) is 2.62. The molecule has 2 rings (SSSR count). The van der Waals surface area contributed by atoms with Crippen LogP contribution in [-0.2, 0) is 4.74 Å². The van der Waals surface area contributed by atoms with Gasteiger partial charge in [-0.25, -0.2) is 4.79 Å². The van der Waals surface area contributed by atoms with Crippen LogP contribution in [0.4, 0.5) is 5.69 Å². The number of para-hydroxylation sites is 1. The smallest absolute Gasteiger partial charge is 0.340 e. The Kier molecular flexibility index (Phi) is 6.09. The molecule has 0 bridgehead atoms. The number of nitrogens with zero attached hydrogens (tertiary/aromatic N) is 1. The number of hydrogen-bond acceptors (Lipinski definition) is 4. The van der Waals surface area contributed by atoms with Gasteiger partial charge in [0.25, 0.3) is 5.91 Å². The molecule has 0 aliphatic carbocycles. The number of nitriles is 1. The minimum atomic E-state index is -0.467. The molecule has 0 saturated heterocycles. The first-order valence-corrected chi connectivity index (χ1v) is 7.73. The summed E-state index contributed by atoms with van der Waals surface area (Å²) in [7, 11) is 0. The number of ether oxygens (including phenoxy) is 1. The van der Waals surface area contributed by atoms with Crippen molar-refractivity contribution in [1.82, 2.24) is 0 Å². The van der Waals surface area contributed by atoms with E-state index >= 15 is 0 Å². The molecular weight excluding hydrogens is 304 g/mol. The third kappa shape index (κ3) is 4.43. The number of unbranched alkanes of at least 4 members (excludes halogenated alkanes) is 1. The van der Waals surface area contributed by atoms with Gasteiger partial charge in [-0.05, 0) is 36.8 Å². The minimum Gasteiger partial charge on any atom is -0.462 e. The van der Waals surface area contributed by atoms with Crippen LogP contribution in [0.3, 0.4) is 0 Å². The van der Waals surface area contributed by atoms with Crippen LogP contribution in [0, 0.1) is 11.3 Å². The van der Waals surface area contributed by atoms with Crippen molar-refractivity contribution in [3.05, 3.63) is 65.2 Å². The Morgan fingerprint density at radius 3 is 2.71 bits per heavy atom. The van der Waals surface area contributed by atoms with E-state index in [1.807, 2.05) is 13.0 Å². The lowest BCUT2D eigenvalue weighted by molar-refractivity contribution is 0.0501. The number of carbonyl (C=O) groups is 2. The molecule has 0 fully saturated rings. The summed E-state index contributed by atoms with van der Waals surface area (Å²) in [6.07, 6.45) is 1.72. The number of rotatable bonds is 6. The molecule has 0 aliphatic rings. The van der Waals surface area contributed by atoms with Gasteiger partial charge in [-0.3, -0.25) is 4.79 Å². The van der Waals surface area contributed by atoms with Crippen molar-refractivity contribution < 1.29 is 14.3 Å². The number of nitrogens with one attached hydrogen (secondary N) is 1. The fraction of sp³-hybridized carbons (Fsp3) is 0.211. The van der Waals surface area contributed by atoms with Gasteiger partial charge < -0.3 is 10.1 Å². The molecule has 1 N–H and O–H groups in total. The zero-order valence-electron chi connectivity index (χ0n) is 13.4. The Morgan fingerprint density at radius 2 is 1.96 bits per heavy atom. The van der Waals surface area contributed by atoms with Crippen molar-refractivity contribution in [3.8, 4) is 6.07 Å². The van der Waals surface area contributed by atoms with Gasteiger partial charge >= 0.3 is 5.97 Å². The van der Waals surface area contributed by atoms with E-state index in [0.29, 0.717) is 29.0 Å². The van der Waals surface area contributed by atoms with E-state index in [1.165, 1.54) is 6.07 Å². The van der Waals surface area contributed by atoms with Gasteiger partial charge in [-0.1, -0.05) is 31.5 Å². The first-order chi connectivity index (χ1) is 11.7. The van der Waals surface area contributed by atoms with E-state index < -0.39 is 5.97 Å². The van der Waals surface area contributed by atoms with Crippen molar-refractivity contribution in [2.24, 2.45) is 0 Å². The van der Waals surface area contributed by atoms with Gasteiger partial charge in [0.1, 0.15) is 0 Å². The molecule has 0 aliphatic heterocycles. The minimum absolute atomic E-state index is 0.304. The summed E-state index contributed by atoms with van der Waals surface area (Å²) >= 11 is 0. The summed E-state index contributed by atoms with van der Waals surface area (Å²) in [6, 6.07) is 15.0. The molecule has 0 unspecified atom stereocenters. The predicted octanol–water partition coefficient (Wildman–Crippen LogP) is 3.77. The largest absolute Gasteiger partial charge is 0.462 e. The zero-order valence-corrected chi connectivity index (χ0v) is 13.4. The first kappa shape index (κ1) is 17.2. The van der Waals surface area contributed by atoms with Gasteiger partial charge in [0.2, 0.25) is 0 Å². The Morgan fingerprint density at radius 1 is 1.17 bits per heavy atom. The second kappa shape index (κ2) is 8.49. The van der Waals surface area contributed by atoms with Crippen LogP contribution in [0.1, 0.15) is 46.0 Å². The molecule has 0 saturated carbocycles. The number of anilines is 1. The van der Waals surface area contributed by atoms with Crippen molar-refractivity contribution in [2.45, 2.75) is 19.8 Å². The molecule has 5 heteroatoms. The lowest BCUT2D eigenvalue weighted by Crippen LogP contribution is -2.16. The maximum absolute atomic E-state index is 12.3. The molecule has 5 nitrogen and oxygen atoms in total. The van der Waals surface area contributed by atoms with E-state index in [1.54, 1.807) is 42.5 Å². The van der Waals surface area contributed by atoms with Crippen LogP contribution in [0.5, 0.6) is 0 Å². The fourth-order valence-electron chi connectivity index (χ4n) is 2.08. The number of benzene rings is 2. The standard InChI is InChI=1S/C19H18N2O3/c1-2-3-11-24-19(23)16-9-4-5-10-17(16)21-18(22)15-8-6-7-14(12-15)13-20/h4-10,12H,2-3,11H2,1H3,(H,21,22). The number of amides is 1. The van der Waals surface area contributed by atoms with Crippen LogP contribution >= 0.6 is 0 Å². The summed E-state index contributed by atoms with van der Waals surface area (Å²) < 4.78 is 5.20. The summed E-state index contributed by atoms with van der Waals surface area (Å²) in [4.78, 5) is 24.5. The maximum atomic E-state index is 12.3. The Hall–Kier alpha value is -3.13.